The van der Waals surface area contributed by atoms with Gasteiger partial charge in [0.15, 0.2) is 0 Å². The Bertz CT molecular complexity index is 1030. The number of aromatic amines is 1. The lowest BCUT2D eigenvalue weighted by Crippen LogP contribution is -2.40. The van der Waals surface area contributed by atoms with Crippen LogP contribution in [0.3, 0.4) is 0 Å². The summed E-state index contributed by atoms with van der Waals surface area (Å²) in [7, 11) is 2.76. The van der Waals surface area contributed by atoms with Crippen LogP contribution in [-0.4, -0.2) is 30.2 Å². The Morgan fingerprint density at radius 2 is 1.88 bits per heavy atom. The highest BCUT2D eigenvalue weighted by atomic mass is 16.2. The average Bonchev–Trinajstić information content (AvgIpc) is 3.04. The number of carbonyl (C=O) groups excluding carboxylic acids is 1. The molecule has 0 aliphatic carbocycles. The Kier molecular flexibility index (Phi) is 4.29. The van der Waals surface area contributed by atoms with Crippen molar-refractivity contribution in [1.82, 2.24) is 24.3 Å². The van der Waals surface area contributed by atoms with Crippen LogP contribution in [0.25, 0.3) is 0 Å². The smallest absolute Gasteiger partial charge is 0.292 e. The molecule has 1 aromatic carbocycles. The molecule has 0 fully saturated rings. The van der Waals surface area contributed by atoms with Crippen molar-refractivity contribution in [1.29, 1.82) is 0 Å². The molecular formula is C16H16N6O3. The van der Waals surface area contributed by atoms with Crippen molar-refractivity contribution in [3.63, 3.8) is 0 Å². The predicted octanol–water partition coefficient (Wildman–Crippen LogP) is 0.0452. The number of nitrogens with zero attached hydrogens (tertiary/aromatic N) is 4. The molecule has 25 heavy (non-hydrogen) atoms. The maximum atomic E-state index is 12.3. The van der Waals surface area contributed by atoms with Gasteiger partial charge in [0, 0.05) is 26.6 Å². The van der Waals surface area contributed by atoms with Crippen LogP contribution in [0, 0.1) is 0 Å². The first-order chi connectivity index (χ1) is 12.0. The molecule has 0 aliphatic rings. The summed E-state index contributed by atoms with van der Waals surface area (Å²) in [5, 5.41) is 9.16. The van der Waals surface area contributed by atoms with Crippen molar-refractivity contribution in [2.24, 2.45) is 14.1 Å². The Hall–Kier alpha value is -3.49. The van der Waals surface area contributed by atoms with E-state index in [0.717, 1.165) is 20.8 Å². The molecule has 0 bridgehead atoms. The van der Waals surface area contributed by atoms with Gasteiger partial charge in [0.05, 0.1) is 0 Å². The van der Waals surface area contributed by atoms with Gasteiger partial charge in [-0.25, -0.2) is 4.79 Å². The van der Waals surface area contributed by atoms with Gasteiger partial charge in [0.2, 0.25) is 5.95 Å². The molecule has 9 nitrogen and oxygen atoms in total. The van der Waals surface area contributed by atoms with Crippen LogP contribution in [0.15, 0.2) is 46.0 Å². The van der Waals surface area contributed by atoms with Crippen LogP contribution < -0.4 is 16.6 Å². The molecule has 3 rings (SSSR count). The van der Waals surface area contributed by atoms with E-state index in [9.17, 15) is 14.4 Å². The lowest BCUT2D eigenvalue weighted by molar-refractivity contribution is 0.101. The topological polar surface area (TPSA) is 115 Å². The van der Waals surface area contributed by atoms with Gasteiger partial charge < -0.3 is 0 Å². The van der Waals surface area contributed by atoms with Crippen LogP contribution in [0.4, 0.5) is 5.95 Å². The van der Waals surface area contributed by atoms with Crippen molar-refractivity contribution in [2.45, 2.75) is 6.42 Å². The van der Waals surface area contributed by atoms with E-state index in [1.54, 1.807) is 0 Å². The number of aromatic nitrogens is 5. The van der Waals surface area contributed by atoms with Gasteiger partial charge in [-0.3, -0.25) is 29.1 Å². The molecule has 2 N–H and O–H groups in total. The van der Waals surface area contributed by atoms with E-state index < -0.39 is 17.2 Å². The maximum Gasteiger partial charge on any atom is 0.331 e. The first kappa shape index (κ1) is 16.4. The van der Waals surface area contributed by atoms with Crippen LogP contribution >= 0.6 is 0 Å². The zero-order valence-electron chi connectivity index (χ0n) is 13.7. The van der Waals surface area contributed by atoms with Gasteiger partial charge in [0.25, 0.3) is 11.5 Å². The van der Waals surface area contributed by atoms with E-state index in [0.29, 0.717) is 12.2 Å². The lowest BCUT2D eigenvalue weighted by atomic mass is 10.1. The lowest BCUT2D eigenvalue weighted by Gasteiger charge is -2.07. The molecule has 0 spiro atoms. The monoisotopic (exact) mass is 340 g/mol. The molecule has 0 unspecified atom stereocenters. The summed E-state index contributed by atoms with van der Waals surface area (Å²) >= 11 is 0. The van der Waals surface area contributed by atoms with E-state index in [1.807, 2.05) is 30.3 Å². The molecule has 1 amide bonds. The third-order valence-corrected chi connectivity index (χ3v) is 3.73. The number of amides is 1. The van der Waals surface area contributed by atoms with Crippen molar-refractivity contribution < 1.29 is 4.79 Å². The summed E-state index contributed by atoms with van der Waals surface area (Å²) in [5.74, 6) is 0.0194. The number of rotatable bonds is 4. The Morgan fingerprint density at radius 3 is 2.60 bits per heavy atom. The largest absolute Gasteiger partial charge is 0.331 e. The molecule has 128 valence electrons. The summed E-state index contributed by atoms with van der Waals surface area (Å²) in [6.45, 7) is 0. The first-order valence-corrected chi connectivity index (χ1v) is 7.49. The van der Waals surface area contributed by atoms with Crippen LogP contribution in [0.5, 0.6) is 0 Å². The zero-order valence-corrected chi connectivity index (χ0v) is 13.7. The number of nitrogens with one attached hydrogen (secondary N) is 2. The first-order valence-electron chi connectivity index (χ1n) is 7.49. The second kappa shape index (κ2) is 6.56. The van der Waals surface area contributed by atoms with Gasteiger partial charge in [0.1, 0.15) is 11.5 Å². The number of hydrogen-bond acceptors (Lipinski definition) is 5. The van der Waals surface area contributed by atoms with Crippen LogP contribution in [0.1, 0.15) is 21.9 Å². The quantitative estimate of drug-likeness (QED) is 0.696. The van der Waals surface area contributed by atoms with Gasteiger partial charge in [-0.2, -0.15) is 4.98 Å². The summed E-state index contributed by atoms with van der Waals surface area (Å²) in [4.78, 5) is 40.1. The fourth-order valence-electron chi connectivity index (χ4n) is 2.34. The Labute approximate surface area is 142 Å². The zero-order chi connectivity index (χ0) is 18.0. The minimum atomic E-state index is -0.637. The van der Waals surface area contributed by atoms with Gasteiger partial charge in [-0.1, -0.05) is 30.3 Å². The molecule has 0 aliphatic heterocycles. The number of anilines is 1. The number of carbonyl (C=O) groups is 1. The normalized spacial score (nSPS) is 10.6. The van der Waals surface area contributed by atoms with Crippen molar-refractivity contribution in [3.05, 3.63) is 74.3 Å². The summed E-state index contributed by atoms with van der Waals surface area (Å²) < 4.78 is 2.01. The molecule has 3 aromatic rings. The van der Waals surface area contributed by atoms with Gasteiger partial charge >= 0.3 is 5.69 Å². The van der Waals surface area contributed by atoms with E-state index >= 15 is 0 Å². The highest BCUT2D eigenvalue weighted by Gasteiger charge is 2.15. The third kappa shape index (κ3) is 3.39. The molecule has 0 saturated carbocycles. The average molecular weight is 340 g/mol. The van der Waals surface area contributed by atoms with Gasteiger partial charge in [-0.15, -0.1) is 5.10 Å². The maximum absolute atomic E-state index is 12.3. The summed E-state index contributed by atoms with van der Waals surface area (Å²) in [5.41, 5.74) is -0.168. The fraction of sp³-hybridized carbons (Fsp3) is 0.188. The van der Waals surface area contributed by atoms with E-state index in [4.69, 9.17) is 0 Å². The second-order valence-corrected chi connectivity index (χ2v) is 5.49. The minimum Gasteiger partial charge on any atom is -0.292 e. The molecule has 2 aromatic heterocycles. The SMILES string of the molecule is Cn1c(C(=O)Nc2n[nH]c(Cc3ccccc3)n2)cc(=O)n(C)c1=O. The second-order valence-electron chi connectivity index (χ2n) is 5.49. The van der Waals surface area contributed by atoms with Crippen LogP contribution in [0.2, 0.25) is 0 Å². The minimum absolute atomic E-state index is 0.0671. The Morgan fingerprint density at radius 1 is 1.16 bits per heavy atom. The van der Waals surface area contributed by atoms with E-state index in [-0.39, 0.29) is 11.6 Å². The number of H-pyrrole nitrogens is 1. The van der Waals surface area contributed by atoms with E-state index in [2.05, 4.69) is 20.5 Å². The third-order valence-electron chi connectivity index (χ3n) is 3.73. The highest BCUT2D eigenvalue weighted by molar-refractivity contribution is 6.01. The fourth-order valence-corrected chi connectivity index (χ4v) is 2.34. The Balaban J connectivity index is 1.79. The summed E-state index contributed by atoms with van der Waals surface area (Å²) in [6.07, 6.45) is 0.536. The number of hydrogen-bond donors (Lipinski definition) is 2. The molecule has 0 saturated heterocycles. The summed E-state index contributed by atoms with van der Waals surface area (Å²) in [6, 6.07) is 10.8. The van der Waals surface area contributed by atoms with E-state index in [1.165, 1.54) is 14.1 Å². The predicted molar refractivity (Wildman–Crippen MR) is 90.5 cm³/mol. The molecule has 0 atom stereocenters. The molecule has 2 heterocycles. The number of benzene rings is 1. The van der Waals surface area contributed by atoms with Crippen molar-refractivity contribution in [2.75, 3.05) is 5.32 Å². The standard InChI is InChI=1S/C16H16N6O3/c1-21-11(9-13(23)22(2)16(21)25)14(24)18-15-17-12(19-20-15)8-10-6-4-3-5-7-10/h3-7,9H,8H2,1-2H3,(H2,17,18,19,20,24). The van der Waals surface area contributed by atoms with Crippen LogP contribution in [-0.2, 0) is 20.5 Å². The van der Waals surface area contributed by atoms with Crippen molar-refractivity contribution in [3.8, 4) is 0 Å². The molecule has 9 heteroatoms. The van der Waals surface area contributed by atoms with Gasteiger partial charge in [-0.05, 0) is 5.56 Å². The molecular weight excluding hydrogens is 324 g/mol. The highest BCUT2D eigenvalue weighted by Crippen LogP contribution is 2.07. The molecule has 0 radical (unpaired) electrons. The van der Waals surface area contributed by atoms with Crippen molar-refractivity contribution >= 4 is 11.9 Å².